The molecule has 12 amide bonds. The summed E-state index contributed by atoms with van der Waals surface area (Å²) in [7, 11) is 9.65. The monoisotopic (exact) mass is 1510 g/mol. The Morgan fingerprint density at radius 2 is 1.21 bits per heavy atom. The summed E-state index contributed by atoms with van der Waals surface area (Å²) in [6.45, 7) is 4.47. The van der Waals surface area contributed by atoms with Gasteiger partial charge in [0, 0.05) is 61.1 Å². The predicted molar refractivity (Wildman–Crippen MR) is 379 cm³/mol. The lowest BCUT2D eigenvalue weighted by Crippen LogP contribution is -2.65. The SMILES string of the molecule is CC[C@H](C)[C@@H]1NC(=O)[C@H](CC(C)C)N(C)C(=O)C[C@@H](C(=O)N2C3CCC2COC3)N(C)C(=O)[C@H](C2CCCCC2)N(C)C(=O)C2(CCCC2)NC(=O)[C@@H]2CC(F)(F)CN2C(=O)[C@H](CCC2CCC(C(F)(F)F)C(Cl)C2)NC(=O)CN(C)C(=O)[C@H](CC2CCCCC2)N(C)C(=O)CN(C)C(=O)CN(C)C1=O. The number of hydrogen-bond donors (Lipinski definition) is 3. The second-order valence-electron chi connectivity index (χ2n) is 32.4. The molecule has 4 aliphatic carbocycles. The number of ether oxygens (including phenoxy) is 1. The number of halogens is 6. The van der Waals surface area contributed by atoms with E-state index < -0.39 is 211 Å². The van der Waals surface area contributed by atoms with Crippen LogP contribution in [0.1, 0.15) is 195 Å². The molecule has 4 saturated heterocycles. The van der Waals surface area contributed by atoms with E-state index in [-0.39, 0.29) is 82.8 Å². The smallest absolute Gasteiger partial charge is 0.377 e. The van der Waals surface area contributed by atoms with E-state index in [4.69, 9.17) is 16.3 Å². The number of hydrogen-bond acceptors (Lipinski definition) is 13. The van der Waals surface area contributed by atoms with E-state index in [0.717, 1.165) is 53.2 Å². The fourth-order valence-corrected chi connectivity index (χ4v) is 18.2. The van der Waals surface area contributed by atoms with Gasteiger partial charge in [-0.05, 0) is 113 Å². The van der Waals surface area contributed by atoms with Crippen LogP contribution < -0.4 is 16.0 Å². The van der Waals surface area contributed by atoms with Crippen molar-refractivity contribution in [3.63, 3.8) is 0 Å². The number of alkyl halides is 6. The van der Waals surface area contributed by atoms with Crippen LogP contribution in [0.15, 0.2) is 0 Å². The molecule has 4 saturated carbocycles. The summed E-state index contributed by atoms with van der Waals surface area (Å²) in [5.74, 6) is -16.7. The van der Waals surface area contributed by atoms with Gasteiger partial charge in [-0.3, -0.25) is 57.5 Å². The minimum Gasteiger partial charge on any atom is -0.377 e. The van der Waals surface area contributed by atoms with E-state index in [2.05, 4.69) is 16.0 Å². The lowest BCUT2D eigenvalue weighted by atomic mass is 9.78. The van der Waals surface area contributed by atoms with Gasteiger partial charge in [0.15, 0.2) is 0 Å². The van der Waals surface area contributed by atoms with E-state index in [1.54, 1.807) is 11.8 Å². The molecule has 2 bridgehead atoms. The Bertz CT molecular complexity index is 3120. The topological polar surface area (TPSA) is 279 Å². The van der Waals surface area contributed by atoms with Crippen LogP contribution in [0.25, 0.3) is 0 Å². The van der Waals surface area contributed by atoms with Gasteiger partial charge in [0.25, 0.3) is 5.92 Å². The van der Waals surface area contributed by atoms with Crippen LogP contribution in [-0.4, -0.2) is 281 Å². The minimum absolute atomic E-state index is 0.0124. The largest absolute Gasteiger partial charge is 0.393 e. The zero-order valence-electron chi connectivity index (χ0n) is 63.5. The third-order valence-electron chi connectivity index (χ3n) is 24.3. The van der Waals surface area contributed by atoms with E-state index >= 15 is 37.5 Å². The van der Waals surface area contributed by atoms with Crippen molar-refractivity contribution in [3.8, 4) is 0 Å². The van der Waals surface area contributed by atoms with Gasteiger partial charge in [0.1, 0.15) is 47.8 Å². The first kappa shape index (κ1) is 84.2. The lowest BCUT2D eigenvalue weighted by Gasteiger charge is -2.44. The molecule has 4 heterocycles. The Morgan fingerprint density at radius 1 is 0.619 bits per heavy atom. The Morgan fingerprint density at radius 3 is 1.80 bits per heavy atom. The van der Waals surface area contributed by atoms with Crippen LogP contribution in [0.4, 0.5) is 22.0 Å². The Labute approximate surface area is 620 Å². The molecule has 105 heavy (non-hydrogen) atoms. The molecule has 0 aromatic carbocycles. The zero-order chi connectivity index (χ0) is 77.3. The summed E-state index contributed by atoms with van der Waals surface area (Å²) in [5.41, 5.74) is -1.83. The van der Waals surface area contributed by atoms with Crippen molar-refractivity contribution in [1.29, 1.82) is 0 Å². The Kier molecular flexibility index (Phi) is 29.0. The number of rotatable bonds is 11. The molecule has 13 atom stereocenters. The average molecular weight is 1510 g/mol. The summed E-state index contributed by atoms with van der Waals surface area (Å²) in [5, 5.41) is 7.01. The third kappa shape index (κ3) is 20.5. The summed E-state index contributed by atoms with van der Waals surface area (Å²) in [6, 6.07) is -11.0. The van der Waals surface area contributed by atoms with Crippen LogP contribution in [-0.2, 0) is 62.3 Å². The summed E-state index contributed by atoms with van der Waals surface area (Å²) in [6.07, 6.45) is 2.51. The van der Waals surface area contributed by atoms with Gasteiger partial charge >= 0.3 is 6.18 Å². The lowest BCUT2D eigenvalue weighted by molar-refractivity contribution is -0.182. The molecule has 4 aliphatic heterocycles. The maximum absolute atomic E-state index is 16.3. The Hall–Kier alpha value is -6.46. The highest BCUT2D eigenvalue weighted by molar-refractivity contribution is 6.21. The highest BCUT2D eigenvalue weighted by atomic mass is 35.5. The predicted octanol–water partition coefficient (Wildman–Crippen LogP) is 6.11. The molecule has 1 spiro atoms. The van der Waals surface area contributed by atoms with Crippen LogP contribution in [0.5, 0.6) is 0 Å². The third-order valence-corrected chi connectivity index (χ3v) is 24.8. The second kappa shape index (κ2) is 36.2. The molecule has 592 valence electrons. The maximum Gasteiger partial charge on any atom is 0.393 e. The molecule has 8 fully saturated rings. The summed E-state index contributed by atoms with van der Waals surface area (Å²) >= 11 is 6.37. The zero-order valence-corrected chi connectivity index (χ0v) is 64.2. The fourth-order valence-electron chi connectivity index (χ4n) is 17.6. The van der Waals surface area contributed by atoms with E-state index in [1.165, 1.54) is 68.9 Å². The highest BCUT2D eigenvalue weighted by Gasteiger charge is 2.56. The van der Waals surface area contributed by atoms with E-state index in [0.29, 0.717) is 62.7 Å². The van der Waals surface area contributed by atoms with Gasteiger partial charge < -0.3 is 64.8 Å². The van der Waals surface area contributed by atoms with Crippen molar-refractivity contribution in [2.45, 2.75) is 272 Å². The number of morpholine rings is 1. The Balaban J connectivity index is 1.19. The first-order chi connectivity index (χ1) is 49.4. The molecule has 0 aromatic rings. The van der Waals surface area contributed by atoms with Crippen molar-refractivity contribution in [2.24, 2.45) is 35.5 Å². The number of likely N-dealkylation sites (N-methyl/N-ethyl adjacent to an activating group) is 7. The van der Waals surface area contributed by atoms with E-state index in [1.807, 2.05) is 20.8 Å². The molecule has 31 heteroatoms. The fraction of sp³-hybridized carbons (Fsp3) is 0.838. The van der Waals surface area contributed by atoms with Crippen LogP contribution in [0, 0.1) is 35.5 Å². The molecule has 0 aromatic heterocycles. The van der Waals surface area contributed by atoms with Crippen molar-refractivity contribution in [2.75, 3.05) is 88.7 Å². The van der Waals surface area contributed by atoms with Gasteiger partial charge in [-0.15, -0.1) is 11.6 Å². The van der Waals surface area contributed by atoms with Crippen LogP contribution in [0.2, 0.25) is 0 Å². The van der Waals surface area contributed by atoms with Crippen molar-refractivity contribution < 1.29 is 84.2 Å². The first-order valence-corrected chi connectivity index (χ1v) is 38.8. The second-order valence-corrected chi connectivity index (χ2v) is 32.9. The molecule has 0 radical (unpaired) electrons. The van der Waals surface area contributed by atoms with Crippen LogP contribution in [0.3, 0.4) is 0 Å². The molecular weight excluding hydrogens is 1400 g/mol. The van der Waals surface area contributed by atoms with Crippen molar-refractivity contribution >= 4 is 82.5 Å². The van der Waals surface area contributed by atoms with Crippen LogP contribution >= 0.6 is 11.6 Å². The molecule has 5 unspecified atom stereocenters. The van der Waals surface area contributed by atoms with Gasteiger partial charge in [-0.1, -0.05) is 98.3 Å². The molecular formula is C74H116ClF5N12O13. The highest BCUT2D eigenvalue weighted by Crippen LogP contribution is 2.45. The molecule has 8 aliphatic rings. The van der Waals surface area contributed by atoms with Gasteiger partial charge in [-0.2, -0.15) is 13.2 Å². The quantitative estimate of drug-likeness (QED) is 0.156. The van der Waals surface area contributed by atoms with Gasteiger partial charge in [0.2, 0.25) is 70.9 Å². The normalized spacial score (nSPS) is 31.6. The number of nitrogens with one attached hydrogen (secondary N) is 3. The average Bonchev–Trinajstić information content (AvgIpc) is 1.78. The van der Waals surface area contributed by atoms with Gasteiger partial charge in [0.05, 0.1) is 63.8 Å². The maximum atomic E-state index is 16.3. The first-order valence-electron chi connectivity index (χ1n) is 38.4. The van der Waals surface area contributed by atoms with Crippen molar-refractivity contribution in [3.05, 3.63) is 0 Å². The number of nitrogens with zero attached hydrogens (tertiary/aromatic N) is 9. The van der Waals surface area contributed by atoms with Gasteiger partial charge in [-0.25, -0.2) is 8.78 Å². The number of fused-ring (bicyclic) bond motifs is 3. The van der Waals surface area contributed by atoms with Crippen molar-refractivity contribution in [1.82, 2.24) is 60.0 Å². The standard InChI is InChI=1S/C74H116ClF5N12O13/c1-12-45(4)62-69(102)86(7)39-60(95)84(5)40-61(96)88(9)55(35-46-21-15-13-16-22-46)67(100)85(6)38-58(93)81-53(30-26-47-25-29-51(52(75)34-47)74(78,79)80)66(99)91-43-73(76,77)37-57(91)65(98)83-72(31-19-20-32-72)71(104)90(11)63(48-23-17-14-18-24-48)70(103)89(10)56(68(101)92-49-27-28-50(92)42-105-41-49)36-59(94)87(8)54(33-44(2)3)64(97)82-62/h44-57,62-63H,12-43H2,1-11H3,(H,81,93)(H,82,97)(H,83,98)/t45-,47?,49?,50?,51?,52?,53-,54-,55-,56-,57-,62-,63-/m0/s1. The van der Waals surface area contributed by atoms with E-state index in [9.17, 15) is 41.9 Å². The number of carbonyl (C=O) groups excluding carboxylic acids is 12. The number of amides is 12. The molecule has 8 rings (SSSR count). The minimum atomic E-state index is -4.59. The molecule has 3 N–H and O–H groups in total. The summed E-state index contributed by atoms with van der Waals surface area (Å²) in [4.78, 5) is 191. The number of carbonyl (C=O) groups is 12. The molecule has 25 nitrogen and oxygen atoms in total. The summed E-state index contributed by atoms with van der Waals surface area (Å²) < 4.78 is 80.5.